The minimum atomic E-state index is -0.827. The molecule has 2 amide bonds. The molecule has 1 aromatic carbocycles. The van der Waals surface area contributed by atoms with E-state index in [1.54, 1.807) is 0 Å². The van der Waals surface area contributed by atoms with Crippen LogP contribution in [0.5, 0.6) is 0 Å². The number of carbonyl (C=O) groups is 3. The Balaban J connectivity index is 1.78. The normalized spacial score (nSPS) is 16.0. The average Bonchev–Trinajstić information content (AvgIpc) is 2.97. The summed E-state index contributed by atoms with van der Waals surface area (Å²) in [6.45, 7) is 1.82. The molecule has 0 atom stereocenters. The molecule has 2 aliphatic rings. The molecule has 0 N–H and O–H groups in total. The minimum absolute atomic E-state index is 0.0579. The van der Waals surface area contributed by atoms with Crippen molar-refractivity contribution in [1.29, 1.82) is 0 Å². The maximum absolute atomic E-state index is 14.6. The lowest BCUT2D eigenvalue weighted by Crippen LogP contribution is -2.32. The van der Waals surface area contributed by atoms with Gasteiger partial charge in [0.2, 0.25) is 0 Å². The van der Waals surface area contributed by atoms with Crippen molar-refractivity contribution in [2.75, 3.05) is 18.1 Å². The minimum Gasteiger partial charge on any atom is -0.471 e. The summed E-state index contributed by atoms with van der Waals surface area (Å²) >= 11 is 11.3. The smallest absolute Gasteiger partial charge is 0.344 e. The number of unbranched alkanes of at least 4 members (excludes halogenated alkanes) is 1. The number of hydrogen-bond donors (Lipinski definition) is 0. The Labute approximate surface area is 184 Å². The first-order chi connectivity index (χ1) is 14.3. The van der Waals surface area contributed by atoms with Gasteiger partial charge in [-0.05, 0) is 56.5 Å². The van der Waals surface area contributed by atoms with E-state index in [0.29, 0.717) is 24.0 Å². The molecule has 6 nitrogen and oxygen atoms in total. The Morgan fingerprint density at radius 3 is 2.40 bits per heavy atom. The summed E-state index contributed by atoms with van der Waals surface area (Å²) in [4.78, 5) is 38.0. The zero-order chi connectivity index (χ0) is 21.8. The Hall–Kier alpha value is -2.32. The number of ether oxygens (including phenoxy) is 2. The number of rotatable bonds is 7. The van der Waals surface area contributed by atoms with Gasteiger partial charge in [0.05, 0.1) is 17.3 Å². The van der Waals surface area contributed by atoms with Crippen LogP contribution in [-0.2, 0) is 23.9 Å². The molecule has 0 saturated heterocycles. The number of nitrogens with zero attached hydrogens (tertiary/aromatic N) is 1. The van der Waals surface area contributed by atoms with Gasteiger partial charge in [0.15, 0.2) is 11.7 Å². The maximum Gasteiger partial charge on any atom is 0.344 e. The van der Waals surface area contributed by atoms with Crippen molar-refractivity contribution in [3.05, 3.63) is 39.7 Å². The van der Waals surface area contributed by atoms with E-state index in [-0.39, 0.29) is 27.9 Å². The molecule has 160 valence electrons. The summed E-state index contributed by atoms with van der Waals surface area (Å²) in [5.74, 6) is -2.46. The molecule has 30 heavy (non-hydrogen) atoms. The number of thiocarbonyl (C=S) groups is 1. The number of anilines is 1. The first-order valence-corrected chi connectivity index (χ1v) is 10.6. The topological polar surface area (TPSA) is 72.9 Å². The predicted molar refractivity (Wildman–Crippen MR) is 113 cm³/mol. The fraction of sp³-hybridized carbons (Fsp3) is 0.429. The highest BCUT2D eigenvalue weighted by molar-refractivity contribution is 7.80. The first-order valence-electron chi connectivity index (χ1n) is 9.77. The van der Waals surface area contributed by atoms with Gasteiger partial charge in [-0.15, -0.1) is 0 Å². The van der Waals surface area contributed by atoms with Crippen LogP contribution >= 0.6 is 23.8 Å². The molecular weight excluding hydrogens is 433 g/mol. The number of amides is 2. The van der Waals surface area contributed by atoms with Crippen LogP contribution in [0.1, 0.15) is 51.0 Å². The SMILES string of the molecule is CCCCOC(=O)COC(=S)c1cc(N2C(=O)C3=C(CCCC3)C2=O)c(F)cc1Cl. The molecule has 0 saturated carbocycles. The molecule has 9 heteroatoms. The summed E-state index contributed by atoms with van der Waals surface area (Å²) in [5.41, 5.74) is 0.747. The Morgan fingerprint density at radius 2 is 1.80 bits per heavy atom. The maximum atomic E-state index is 14.6. The van der Waals surface area contributed by atoms with Gasteiger partial charge < -0.3 is 9.47 Å². The molecule has 1 heterocycles. The molecule has 3 rings (SSSR count). The molecule has 0 radical (unpaired) electrons. The summed E-state index contributed by atoms with van der Waals surface area (Å²) in [6, 6.07) is 2.18. The quantitative estimate of drug-likeness (QED) is 0.266. The van der Waals surface area contributed by atoms with Gasteiger partial charge in [0.1, 0.15) is 5.82 Å². The third kappa shape index (κ3) is 4.54. The highest BCUT2D eigenvalue weighted by Gasteiger charge is 2.41. The van der Waals surface area contributed by atoms with Gasteiger partial charge in [-0.2, -0.15) is 0 Å². The van der Waals surface area contributed by atoms with Crippen molar-refractivity contribution in [2.24, 2.45) is 0 Å². The van der Waals surface area contributed by atoms with E-state index in [2.05, 4.69) is 0 Å². The third-order valence-corrected chi connectivity index (χ3v) is 5.62. The second kappa shape index (κ2) is 9.66. The van der Waals surface area contributed by atoms with E-state index in [4.69, 9.17) is 33.3 Å². The van der Waals surface area contributed by atoms with Crippen LogP contribution in [0.15, 0.2) is 23.3 Å². The van der Waals surface area contributed by atoms with Crippen LogP contribution in [0, 0.1) is 5.82 Å². The molecular formula is C21H21ClFNO5S. The van der Waals surface area contributed by atoms with Crippen LogP contribution in [0.4, 0.5) is 10.1 Å². The molecule has 1 aliphatic carbocycles. The highest BCUT2D eigenvalue weighted by atomic mass is 35.5. The zero-order valence-electron chi connectivity index (χ0n) is 16.5. The van der Waals surface area contributed by atoms with Crippen molar-refractivity contribution in [2.45, 2.75) is 45.4 Å². The summed E-state index contributed by atoms with van der Waals surface area (Å²) < 4.78 is 24.9. The van der Waals surface area contributed by atoms with Crippen LogP contribution in [0.3, 0.4) is 0 Å². The lowest BCUT2D eigenvalue weighted by atomic mass is 9.93. The van der Waals surface area contributed by atoms with Gasteiger partial charge in [-0.1, -0.05) is 24.9 Å². The number of imide groups is 1. The molecule has 1 aromatic rings. The second-order valence-electron chi connectivity index (χ2n) is 7.04. The Morgan fingerprint density at radius 1 is 1.17 bits per heavy atom. The van der Waals surface area contributed by atoms with E-state index >= 15 is 0 Å². The molecule has 0 aromatic heterocycles. The lowest BCUT2D eigenvalue weighted by molar-refractivity contribution is -0.146. The fourth-order valence-corrected chi connectivity index (χ4v) is 3.92. The number of carbonyl (C=O) groups excluding carboxylic acids is 3. The third-order valence-electron chi connectivity index (χ3n) is 4.97. The second-order valence-corrected chi connectivity index (χ2v) is 7.82. The van der Waals surface area contributed by atoms with E-state index in [9.17, 15) is 18.8 Å². The van der Waals surface area contributed by atoms with Crippen LogP contribution < -0.4 is 4.90 Å². The number of esters is 1. The van der Waals surface area contributed by atoms with E-state index in [0.717, 1.165) is 36.6 Å². The average molecular weight is 454 g/mol. The van der Waals surface area contributed by atoms with Crippen LogP contribution in [0.25, 0.3) is 0 Å². The van der Waals surface area contributed by atoms with Gasteiger partial charge in [-0.25, -0.2) is 14.1 Å². The summed E-state index contributed by atoms with van der Waals surface area (Å²) in [7, 11) is 0. The van der Waals surface area contributed by atoms with Gasteiger partial charge in [0.25, 0.3) is 11.8 Å². The highest BCUT2D eigenvalue weighted by Crippen LogP contribution is 2.38. The van der Waals surface area contributed by atoms with Gasteiger partial charge in [0, 0.05) is 16.7 Å². The fourth-order valence-electron chi connectivity index (χ4n) is 3.40. The molecule has 0 fully saturated rings. The lowest BCUT2D eigenvalue weighted by Gasteiger charge is -2.18. The van der Waals surface area contributed by atoms with Gasteiger partial charge >= 0.3 is 5.97 Å². The van der Waals surface area contributed by atoms with E-state index < -0.39 is 30.2 Å². The van der Waals surface area contributed by atoms with Gasteiger partial charge in [-0.3, -0.25) is 9.59 Å². The van der Waals surface area contributed by atoms with Crippen LogP contribution in [-0.4, -0.2) is 36.0 Å². The number of benzene rings is 1. The predicted octanol–water partition coefficient (Wildman–Crippen LogP) is 4.26. The molecule has 0 unspecified atom stereocenters. The van der Waals surface area contributed by atoms with Crippen molar-refractivity contribution in [3.8, 4) is 0 Å². The van der Waals surface area contributed by atoms with E-state index in [1.165, 1.54) is 6.07 Å². The van der Waals surface area contributed by atoms with Crippen LogP contribution in [0.2, 0.25) is 5.02 Å². The first kappa shape index (κ1) is 22.4. The van der Waals surface area contributed by atoms with E-state index in [1.807, 2.05) is 6.92 Å². The monoisotopic (exact) mass is 453 g/mol. The van der Waals surface area contributed by atoms with Crippen molar-refractivity contribution >= 4 is 52.3 Å². The summed E-state index contributed by atoms with van der Waals surface area (Å²) in [5, 5.41) is -0.220. The Kier molecular flexibility index (Phi) is 7.20. The number of halogens is 2. The molecule has 0 bridgehead atoms. The van der Waals surface area contributed by atoms with Crippen molar-refractivity contribution in [1.82, 2.24) is 0 Å². The number of hydrogen-bond acceptors (Lipinski definition) is 6. The van der Waals surface area contributed by atoms with Crippen molar-refractivity contribution in [3.63, 3.8) is 0 Å². The largest absolute Gasteiger partial charge is 0.471 e. The zero-order valence-corrected chi connectivity index (χ0v) is 18.0. The Bertz CT molecular complexity index is 918. The molecule has 1 aliphatic heterocycles. The standard InChI is InChI=1S/C21H21ClFNO5S/c1-2-3-8-28-18(25)11-29-21(30)14-9-17(16(23)10-15(14)22)24-19(26)12-6-4-5-7-13(12)20(24)27/h9-10H,2-8,11H2,1H3. The van der Waals surface area contributed by atoms with Crippen molar-refractivity contribution < 1.29 is 28.2 Å². The molecule has 0 spiro atoms. The summed E-state index contributed by atoms with van der Waals surface area (Å²) in [6.07, 6.45) is 4.24.